The zero-order chi connectivity index (χ0) is 12.6. The molecule has 13 N–H and O–H groups in total. The minimum atomic E-state index is -2.74. The minimum absolute atomic E-state index is 0. The SMILES string of the molecule is C=C.N.N.N.O=C(O)CC(O)(CC(=O)O)C(=O)O. The van der Waals surface area contributed by atoms with Gasteiger partial charge in [0.05, 0.1) is 12.8 Å². The van der Waals surface area contributed by atoms with Crippen molar-refractivity contribution in [2.24, 2.45) is 0 Å². The first kappa shape index (κ1) is 29.7. The second-order valence-corrected chi connectivity index (χ2v) is 2.48. The van der Waals surface area contributed by atoms with E-state index in [2.05, 4.69) is 13.2 Å². The first-order valence-electron chi connectivity index (χ1n) is 3.67. The van der Waals surface area contributed by atoms with E-state index in [1.807, 2.05) is 0 Å². The molecule has 0 heterocycles. The Bertz CT molecular complexity index is 253. The van der Waals surface area contributed by atoms with Crippen molar-refractivity contribution in [2.75, 3.05) is 0 Å². The molecule has 0 amide bonds. The molecule has 18 heavy (non-hydrogen) atoms. The van der Waals surface area contributed by atoms with Crippen LogP contribution in [0.5, 0.6) is 0 Å². The number of carboxylic acid groups (broad SMARTS) is 3. The summed E-state index contributed by atoms with van der Waals surface area (Å²) in [6, 6.07) is 0. The Hall–Kier alpha value is -2.01. The maximum atomic E-state index is 10.3. The number of hydrogen-bond donors (Lipinski definition) is 7. The molecule has 0 spiro atoms. The van der Waals surface area contributed by atoms with Crippen molar-refractivity contribution in [3.8, 4) is 0 Å². The molecule has 0 rings (SSSR count). The van der Waals surface area contributed by atoms with Gasteiger partial charge < -0.3 is 38.9 Å². The number of rotatable bonds is 5. The standard InChI is InChI=1S/C6H8O7.C2H4.3H3N/c7-3(8)1-6(13,5(11)12)2-4(9)10;1-2;;;/h13H,1-2H2,(H,7,8)(H,9,10)(H,11,12);1-2H2;3*1H3. The Kier molecular flexibility index (Phi) is 21.6. The summed E-state index contributed by atoms with van der Waals surface area (Å²) < 4.78 is 0. The molecule has 0 aliphatic carbocycles. The average Bonchev–Trinajstić information content (AvgIpc) is 2.04. The molecule has 0 aromatic carbocycles. The molecule has 0 aromatic heterocycles. The molecule has 10 heteroatoms. The fourth-order valence-electron chi connectivity index (χ4n) is 0.714. The number of aliphatic hydroxyl groups is 1. The van der Waals surface area contributed by atoms with Gasteiger partial charge in [-0.1, -0.05) is 0 Å². The number of aliphatic carboxylic acids is 3. The first-order valence-corrected chi connectivity index (χ1v) is 3.67. The van der Waals surface area contributed by atoms with Crippen LogP contribution >= 0.6 is 0 Å². The van der Waals surface area contributed by atoms with Crippen LogP contribution in [-0.2, 0) is 14.4 Å². The summed E-state index contributed by atoms with van der Waals surface area (Å²) in [7, 11) is 0. The summed E-state index contributed by atoms with van der Waals surface area (Å²) in [5.41, 5.74) is -2.74. The molecule has 0 atom stereocenters. The molecule has 110 valence electrons. The minimum Gasteiger partial charge on any atom is -0.481 e. The lowest BCUT2D eigenvalue weighted by Crippen LogP contribution is -2.42. The van der Waals surface area contributed by atoms with Gasteiger partial charge >= 0.3 is 17.9 Å². The van der Waals surface area contributed by atoms with E-state index in [9.17, 15) is 14.4 Å². The van der Waals surface area contributed by atoms with E-state index in [1.165, 1.54) is 0 Å². The molecule has 0 unspecified atom stereocenters. The Labute approximate surface area is 104 Å². The quantitative estimate of drug-likeness (QED) is 0.331. The van der Waals surface area contributed by atoms with Gasteiger partial charge in [0, 0.05) is 0 Å². The van der Waals surface area contributed by atoms with Crippen LogP contribution < -0.4 is 18.5 Å². The van der Waals surface area contributed by atoms with Gasteiger partial charge in [-0.25, -0.2) is 4.79 Å². The third-order valence-electron chi connectivity index (χ3n) is 1.29. The summed E-state index contributed by atoms with van der Waals surface area (Å²) in [6.45, 7) is 6.00. The van der Waals surface area contributed by atoms with E-state index < -0.39 is 36.4 Å². The monoisotopic (exact) mass is 271 g/mol. The Morgan fingerprint density at radius 1 is 0.833 bits per heavy atom. The van der Waals surface area contributed by atoms with Crippen molar-refractivity contribution in [3.63, 3.8) is 0 Å². The Balaban J connectivity index is -0.000000107. The van der Waals surface area contributed by atoms with Gasteiger partial charge in [0.1, 0.15) is 0 Å². The average molecular weight is 271 g/mol. The van der Waals surface area contributed by atoms with Gasteiger partial charge in [0.2, 0.25) is 0 Å². The molecular formula is C8H21N3O7. The summed E-state index contributed by atoms with van der Waals surface area (Å²) in [4.78, 5) is 30.5. The number of carbonyl (C=O) groups is 3. The van der Waals surface area contributed by atoms with Gasteiger partial charge in [-0.3, -0.25) is 9.59 Å². The fourth-order valence-corrected chi connectivity index (χ4v) is 0.714. The van der Waals surface area contributed by atoms with Crippen LogP contribution in [0.25, 0.3) is 0 Å². The highest BCUT2D eigenvalue weighted by Crippen LogP contribution is 2.15. The highest BCUT2D eigenvalue weighted by Gasteiger charge is 2.40. The highest BCUT2D eigenvalue weighted by molar-refractivity contribution is 5.88. The van der Waals surface area contributed by atoms with Crippen LogP contribution in [0.1, 0.15) is 12.8 Å². The molecule has 0 aliphatic rings. The lowest BCUT2D eigenvalue weighted by atomic mass is 9.96. The van der Waals surface area contributed by atoms with E-state index in [4.69, 9.17) is 20.4 Å². The van der Waals surface area contributed by atoms with Crippen LogP contribution in [-0.4, -0.2) is 43.9 Å². The van der Waals surface area contributed by atoms with Gasteiger partial charge in [-0.2, -0.15) is 0 Å². The van der Waals surface area contributed by atoms with Crippen molar-refractivity contribution in [2.45, 2.75) is 18.4 Å². The van der Waals surface area contributed by atoms with Gasteiger partial charge in [0.25, 0.3) is 0 Å². The second kappa shape index (κ2) is 13.1. The molecule has 0 saturated carbocycles. The molecule has 0 bridgehead atoms. The zero-order valence-electron chi connectivity index (χ0n) is 9.96. The van der Waals surface area contributed by atoms with E-state index in [0.29, 0.717) is 0 Å². The largest absolute Gasteiger partial charge is 0.481 e. The molecule has 10 nitrogen and oxygen atoms in total. The normalized spacial score (nSPS) is 8.06. The third kappa shape index (κ3) is 12.1. The molecule has 0 saturated heterocycles. The van der Waals surface area contributed by atoms with Crippen LogP contribution in [0, 0.1) is 0 Å². The first-order chi connectivity index (χ1) is 6.78. The van der Waals surface area contributed by atoms with Crippen molar-refractivity contribution in [1.29, 1.82) is 0 Å². The highest BCUT2D eigenvalue weighted by atomic mass is 16.4. The summed E-state index contributed by atoms with van der Waals surface area (Å²) in [5, 5.41) is 33.8. The number of hydrogen-bond acceptors (Lipinski definition) is 7. The third-order valence-corrected chi connectivity index (χ3v) is 1.29. The predicted molar refractivity (Wildman–Crippen MR) is 63.4 cm³/mol. The van der Waals surface area contributed by atoms with Crippen LogP contribution in [0.3, 0.4) is 0 Å². The maximum absolute atomic E-state index is 10.3. The maximum Gasteiger partial charge on any atom is 0.336 e. The summed E-state index contributed by atoms with van der Waals surface area (Å²) in [6.07, 6.45) is -2.29. The van der Waals surface area contributed by atoms with E-state index in [1.54, 1.807) is 0 Å². The van der Waals surface area contributed by atoms with E-state index in [0.717, 1.165) is 0 Å². The molecule has 0 aromatic rings. The lowest BCUT2D eigenvalue weighted by Gasteiger charge is -2.18. The van der Waals surface area contributed by atoms with E-state index >= 15 is 0 Å². The molecule has 0 aliphatic heterocycles. The van der Waals surface area contributed by atoms with Crippen molar-refractivity contribution < 1.29 is 34.8 Å². The topological polar surface area (TPSA) is 237 Å². The van der Waals surface area contributed by atoms with Crippen molar-refractivity contribution in [1.82, 2.24) is 18.5 Å². The fraction of sp³-hybridized carbons (Fsp3) is 0.375. The molecular weight excluding hydrogens is 250 g/mol. The van der Waals surface area contributed by atoms with Crippen molar-refractivity contribution in [3.05, 3.63) is 13.2 Å². The number of carboxylic acids is 3. The second-order valence-electron chi connectivity index (χ2n) is 2.48. The van der Waals surface area contributed by atoms with Gasteiger partial charge in [-0.05, 0) is 0 Å². The molecule has 0 radical (unpaired) electrons. The van der Waals surface area contributed by atoms with Crippen LogP contribution in [0.15, 0.2) is 13.2 Å². The van der Waals surface area contributed by atoms with Crippen molar-refractivity contribution >= 4 is 17.9 Å². The van der Waals surface area contributed by atoms with Gasteiger partial charge in [0.15, 0.2) is 5.60 Å². The Morgan fingerprint density at radius 3 is 1.17 bits per heavy atom. The van der Waals surface area contributed by atoms with Crippen LogP contribution in [0.2, 0.25) is 0 Å². The Morgan fingerprint density at radius 2 is 1.06 bits per heavy atom. The smallest absolute Gasteiger partial charge is 0.336 e. The summed E-state index contributed by atoms with van der Waals surface area (Å²) in [5.74, 6) is -5.02. The van der Waals surface area contributed by atoms with Gasteiger partial charge in [-0.15, -0.1) is 13.2 Å². The van der Waals surface area contributed by atoms with E-state index in [-0.39, 0.29) is 18.5 Å². The zero-order valence-corrected chi connectivity index (χ0v) is 9.96. The summed E-state index contributed by atoms with van der Waals surface area (Å²) >= 11 is 0. The van der Waals surface area contributed by atoms with Crippen LogP contribution in [0.4, 0.5) is 0 Å². The predicted octanol–water partition coefficient (Wildman–Crippen LogP) is 0.0397. The molecule has 0 fully saturated rings. The lowest BCUT2D eigenvalue weighted by molar-refractivity contribution is -0.170.